The molecule has 0 unspecified atom stereocenters. The summed E-state index contributed by atoms with van der Waals surface area (Å²) in [4.78, 5) is 4.23. The van der Waals surface area contributed by atoms with Gasteiger partial charge in [0.25, 0.3) is 0 Å². The number of aromatic nitrogens is 1. The minimum atomic E-state index is 0.660. The average Bonchev–Trinajstić information content (AvgIpc) is 2.99. The number of ether oxygens (including phenoxy) is 3. The summed E-state index contributed by atoms with van der Waals surface area (Å²) in [7, 11) is 4.87. The highest BCUT2D eigenvalue weighted by Gasteiger charge is 2.11. The minimum absolute atomic E-state index is 0.660. The van der Waals surface area contributed by atoms with Crippen molar-refractivity contribution >= 4 is 11.3 Å². The second-order valence-corrected chi connectivity index (χ2v) is 4.82. The van der Waals surface area contributed by atoms with Crippen molar-refractivity contribution in [1.82, 2.24) is 10.3 Å². The van der Waals surface area contributed by atoms with Crippen LogP contribution in [-0.4, -0.2) is 26.3 Å². The summed E-state index contributed by atoms with van der Waals surface area (Å²) in [6, 6.07) is 3.75. The Bertz CT molecular complexity index is 544. The van der Waals surface area contributed by atoms with Crippen molar-refractivity contribution in [3.8, 4) is 17.2 Å². The molecule has 0 amide bonds. The summed E-state index contributed by atoms with van der Waals surface area (Å²) in [5.41, 5.74) is 3.88. The summed E-state index contributed by atoms with van der Waals surface area (Å²) in [5, 5.41) is 5.36. The SMILES string of the molecule is COc1cc(OC)c(OC)cc1CNCc1cscn1. The number of nitrogens with one attached hydrogen (secondary N) is 1. The Hall–Kier alpha value is -1.79. The van der Waals surface area contributed by atoms with Crippen molar-refractivity contribution in [3.63, 3.8) is 0 Å². The molecule has 1 heterocycles. The molecule has 20 heavy (non-hydrogen) atoms. The lowest BCUT2D eigenvalue weighted by molar-refractivity contribution is 0.347. The molecule has 6 heteroatoms. The third-order valence-corrected chi connectivity index (χ3v) is 3.53. The number of thiazole rings is 1. The molecule has 0 radical (unpaired) electrons. The highest BCUT2D eigenvalue weighted by atomic mass is 32.1. The van der Waals surface area contributed by atoms with Crippen LogP contribution in [0.4, 0.5) is 0 Å². The normalized spacial score (nSPS) is 10.3. The van der Waals surface area contributed by atoms with Crippen LogP contribution in [0.5, 0.6) is 17.2 Å². The van der Waals surface area contributed by atoms with Crippen molar-refractivity contribution in [2.24, 2.45) is 0 Å². The van der Waals surface area contributed by atoms with E-state index in [4.69, 9.17) is 14.2 Å². The van der Waals surface area contributed by atoms with E-state index in [1.807, 2.05) is 23.0 Å². The first kappa shape index (κ1) is 14.6. The third kappa shape index (κ3) is 3.40. The Morgan fingerprint density at radius 2 is 1.70 bits per heavy atom. The second kappa shape index (κ2) is 7.12. The first-order valence-electron chi connectivity index (χ1n) is 6.15. The zero-order valence-corrected chi connectivity index (χ0v) is 12.6. The molecule has 108 valence electrons. The first-order chi connectivity index (χ1) is 9.78. The van der Waals surface area contributed by atoms with Crippen LogP contribution in [0.2, 0.25) is 0 Å². The van der Waals surface area contributed by atoms with Crippen LogP contribution in [-0.2, 0) is 13.1 Å². The van der Waals surface area contributed by atoms with Gasteiger partial charge in [0, 0.05) is 30.1 Å². The fraction of sp³-hybridized carbons (Fsp3) is 0.357. The molecule has 1 N–H and O–H groups in total. The number of hydrogen-bond acceptors (Lipinski definition) is 6. The van der Waals surface area contributed by atoms with Crippen LogP contribution < -0.4 is 19.5 Å². The Morgan fingerprint density at radius 1 is 1.00 bits per heavy atom. The van der Waals surface area contributed by atoms with E-state index in [1.54, 1.807) is 32.7 Å². The van der Waals surface area contributed by atoms with Crippen LogP contribution >= 0.6 is 11.3 Å². The number of rotatable bonds is 7. The second-order valence-electron chi connectivity index (χ2n) is 4.10. The van der Waals surface area contributed by atoms with Gasteiger partial charge >= 0.3 is 0 Å². The summed E-state index contributed by atoms with van der Waals surface area (Å²) in [6.07, 6.45) is 0. The Balaban J connectivity index is 2.09. The van der Waals surface area contributed by atoms with E-state index >= 15 is 0 Å². The zero-order valence-electron chi connectivity index (χ0n) is 11.8. The van der Waals surface area contributed by atoms with E-state index in [-0.39, 0.29) is 0 Å². The van der Waals surface area contributed by atoms with Gasteiger partial charge in [0.2, 0.25) is 0 Å². The summed E-state index contributed by atoms with van der Waals surface area (Å²) in [6.45, 7) is 1.39. The quantitative estimate of drug-likeness (QED) is 0.850. The van der Waals surface area contributed by atoms with E-state index in [9.17, 15) is 0 Å². The first-order valence-corrected chi connectivity index (χ1v) is 7.09. The van der Waals surface area contributed by atoms with Crippen LogP contribution in [0, 0.1) is 0 Å². The lowest BCUT2D eigenvalue weighted by Crippen LogP contribution is -2.13. The van der Waals surface area contributed by atoms with Crippen molar-refractivity contribution < 1.29 is 14.2 Å². The smallest absolute Gasteiger partial charge is 0.164 e. The summed E-state index contributed by atoms with van der Waals surface area (Å²) >= 11 is 1.59. The number of nitrogens with zero attached hydrogens (tertiary/aromatic N) is 1. The van der Waals surface area contributed by atoms with E-state index < -0.39 is 0 Å². The molecular formula is C14H18N2O3S. The third-order valence-electron chi connectivity index (χ3n) is 2.89. The van der Waals surface area contributed by atoms with Crippen molar-refractivity contribution in [2.45, 2.75) is 13.1 Å². The average molecular weight is 294 g/mol. The predicted molar refractivity (Wildman–Crippen MR) is 78.8 cm³/mol. The van der Waals surface area contributed by atoms with Gasteiger partial charge < -0.3 is 19.5 Å². The van der Waals surface area contributed by atoms with Gasteiger partial charge in [-0.3, -0.25) is 0 Å². The molecule has 0 aliphatic heterocycles. The molecule has 0 aliphatic rings. The predicted octanol–water partition coefficient (Wildman–Crippen LogP) is 2.46. The van der Waals surface area contributed by atoms with Crippen LogP contribution in [0.25, 0.3) is 0 Å². The molecule has 5 nitrogen and oxygen atoms in total. The van der Waals surface area contributed by atoms with Gasteiger partial charge in [0.1, 0.15) is 5.75 Å². The van der Waals surface area contributed by atoms with Gasteiger partial charge in [-0.15, -0.1) is 11.3 Å². The van der Waals surface area contributed by atoms with Gasteiger partial charge in [0.05, 0.1) is 32.5 Å². The Kier molecular flexibility index (Phi) is 5.20. The Labute approximate surface area is 122 Å². The maximum absolute atomic E-state index is 5.39. The fourth-order valence-electron chi connectivity index (χ4n) is 1.88. The molecule has 1 aromatic heterocycles. The molecule has 0 atom stereocenters. The molecule has 2 rings (SSSR count). The van der Waals surface area contributed by atoms with Gasteiger partial charge in [-0.25, -0.2) is 4.98 Å². The van der Waals surface area contributed by atoms with Crippen molar-refractivity contribution in [1.29, 1.82) is 0 Å². The lowest BCUT2D eigenvalue weighted by Gasteiger charge is -2.14. The van der Waals surface area contributed by atoms with Gasteiger partial charge in [0.15, 0.2) is 11.5 Å². The number of methoxy groups -OCH3 is 3. The van der Waals surface area contributed by atoms with Crippen LogP contribution in [0.15, 0.2) is 23.0 Å². The van der Waals surface area contributed by atoms with Gasteiger partial charge in [-0.1, -0.05) is 0 Å². The summed E-state index contributed by atoms with van der Waals surface area (Å²) < 4.78 is 16.0. The molecule has 0 fully saturated rings. The van der Waals surface area contributed by atoms with E-state index in [0.717, 1.165) is 23.6 Å². The number of benzene rings is 1. The molecule has 0 saturated carbocycles. The van der Waals surface area contributed by atoms with Crippen molar-refractivity contribution in [3.05, 3.63) is 34.3 Å². The highest BCUT2D eigenvalue weighted by Crippen LogP contribution is 2.34. The maximum atomic E-state index is 5.39. The number of hydrogen-bond donors (Lipinski definition) is 1. The van der Waals surface area contributed by atoms with Crippen LogP contribution in [0.3, 0.4) is 0 Å². The van der Waals surface area contributed by atoms with Gasteiger partial charge in [-0.05, 0) is 6.07 Å². The molecule has 0 saturated heterocycles. The molecular weight excluding hydrogens is 276 g/mol. The summed E-state index contributed by atoms with van der Waals surface area (Å²) in [5.74, 6) is 2.12. The molecule has 0 aliphatic carbocycles. The molecule has 2 aromatic rings. The zero-order chi connectivity index (χ0) is 14.4. The largest absolute Gasteiger partial charge is 0.496 e. The van der Waals surface area contributed by atoms with E-state index in [2.05, 4.69) is 10.3 Å². The van der Waals surface area contributed by atoms with Crippen LogP contribution in [0.1, 0.15) is 11.3 Å². The highest BCUT2D eigenvalue weighted by molar-refractivity contribution is 7.07. The monoisotopic (exact) mass is 294 g/mol. The van der Waals surface area contributed by atoms with E-state index in [1.165, 1.54) is 0 Å². The minimum Gasteiger partial charge on any atom is -0.496 e. The molecule has 1 aromatic carbocycles. The van der Waals surface area contributed by atoms with E-state index in [0.29, 0.717) is 18.0 Å². The lowest BCUT2D eigenvalue weighted by atomic mass is 10.1. The van der Waals surface area contributed by atoms with Crippen molar-refractivity contribution in [2.75, 3.05) is 21.3 Å². The molecule has 0 spiro atoms. The van der Waals surface area contributed by atoms with Gasteiger partial charge in [-0.2, -0.15) is 0 Å². The Morgan fingerprint density at radius 3 is 2.30 bits per heavy atom. The topological polar surface area (TPSA) is 52.6 Å². The maximum Gasteiger partial charge on any atom is 0.164 e. The standard InChI is InChI=1S/C14H18N2O3S/c1-17-12-5-14(19-3)13(18-2)4-10(12)6-15-7-11-8-20-9-16-11/h4-5,8-9,15H,6-7H2,1-3H3. The fourth-order valence-corrected chi connectivity index (χ4v) is 2.44. The molecule has 0 bridgehead atoms.